The fourth-order valence-electron chi connectivity index (χ4n) is 2.25. The zero-order valence-electron chi connectivity index (χ0n) is 13.5. The Morgan fingerprint density at radius 3 is 2.88 bits per heavy atom. The number of nitrogens with zero attached hydrogens (tertiary/aromatic N) is 4. The predicted octanol–water partition coefficient (Wildman–Crippen LogP) is 1.93. The van der Waals surface area contributed by atoms with Gasteiger partial charge in [0, 0.05) is 6.07 Å². The Hall–Kier alpha value is -2.55. The molecule has 3 aromatic heterocycles. The zero-order valence-corrected chi connectivity index (χ0v) is 14.3. The lowest BCUT2D eigenvalue weighted by atomic mass is 10.1. The largest absolute Gasteiger partial charge is 0.455 e. The average molecular weight is 348 g/mol. The van der Waals surface area contributed by atoms with Crippen LogP contribution in [0.3, 0.4) is 0 Å². The van der Waals surface area contributed by atoms with Gasteiger partial charge in [0.05, 0.1) is 11.4 Å². The summed E-state index contributed by atoms with van der Waals surface area (Å²) in [6, 6.07) is 1.32. The molecule has 0 aliphatic carbocycles. The van der Waals surface area contributed by atoms with Crippen LogP contribution in [0.5, 0.6) is 0 Å². The van der Waals surface area contributed by atoms with Gasteiger partial charge in [0.1, 0.15) is 22.9 Å². The minimum atomic E-state index is -0.536. The third-order valence-electron chi connectivity index (χ3n) is 3.47. The van der Waals surface area contributed by atoms with Crippen molar-refractivity contribution in [3.05, 3.63) is 44.1 Å². The molecule has 9 heteroatoms. The lowest BCUT2D eigenvalue weighted by Gasteiger charge is -2.04. The van der Waals surface area contributed by atoms with Crippen LogP contribution in [0.4, 0.5) is 0 Å². The molecule has 0 amide bonds. The van der Waals surface area contributed by atoms with Crippen LogP contribution in [-0.4, -0.2) is 25.7 Å². The highest BCUT2D eigenvalue weighted by Crippen LogP contribution is 2.16. The van der Waals surface area contributed by atoms with E-state index in [1.165, 1.54) is 21.9 Å². The van der Waals surface area contributed by atoms with Crippen LogP contribution in [0.15, 0.2) is 15.4 Å². The molecule has 0 N–H and O–H groups in total. The summed E-state index contributed by atoms with van der Waals surface area (Å²) >= 11 is 1.34. The van der Waals surface area contributed by atoms with Crippen LogP contribution in [-0.2, 0) is 24.2 Å². The Balaban J connectivity index is 1.81. The third kappa shape index (κ3) is 2.94. The Labute approximate surface area is 141 Å². The molecule has 3 rings (SSSR count). The molecule has 0 fully saturated rings. The molecule has 0 aliphatic rings. The van der Waals surface area contributed by atoms with E-state index < -0.39 is 5.97 Å². The zero-order chi connectivity index (χ0) is 17.3. The first-order valence-electron chi connectivity index (χ1n) is 7.54. The van der Waals surface area contributed by atoms with Crippen LogP contribution in [0.2, 0.25) is 0 Å². The van der Waals surface area contributed by atoms with Crippen molar-refractivity contribution in [2.45, 2.75) is 40.2 Å². The van der Waals surface area contributed by atoms with E-state index in [2.05, 4.69) is 15.2 Å². The topological polar surface area (TPSA) is 99.6 Å². The van der Waals surface area contributed by atoms with E-state index in [1.807, 2.05) is 13.8 Å². The number of hydrogen-bond donors (Lipinski definition) is 0. The molecule has 0 aliphatic heterocycles. The molecule has 0 spiro atoms. The normalized spacial score (nSPS) is 11.1. The molecule has 3 aromatic rings. The predicted molar refractivity (Wildman–Crippen MR) is 86.2 cm³/mol. The number of aromatic nitrogens is 4. The maximum atomic E-state index is 12.2. The van der Waals surface area contributed by atoms with E-state index in [0.29, 0.717) is 34.1 Å². The third-order valence-corrected chi connectivity index (χ3v) is 4.52. The Kier molecular flexibility index (Phi) is 4.43. The van der Waals surface area contributed by atoms with Gasteiger partial charge in [-0.15, -0.1) is 0 Å². The van der Waals surface area contributed by atoms with Crippen LogP contribution in [0.25, 0.3) is 4.96 Å². The second-order valence-electron chi connectivity index (χ2n) is 5.12. The first kappa shape index (κ1) is 16.3. The van der Waals surface area contributed by atoms with Gasteiger partial charge in [-0.05, 0) is 19.8 Å². The standard InChI is InChI=1S/C15H16N4O4S/c1-4-10-13(8(3)23-18-10)14(21)22-7-9-6-12(20)19-15(16-9)24-11(5-2)17-19/h6H,4-5,7H2,1-3H3. The highest BCUT2D eigenvalue weighted by molar-refractivity contribution is 7.16. The minimum Gasteiger partial charge on any atom is -0.455 e. The molecular weight excluding hydrogens is 332 g/mol. The quantitative estimate of drug-likeness (QED) is 0.649. The molecule has 0 saturated carbocycles. The highest BCUT2D eigenvalue weighted by atomic mass is 32.1. The van der Waals surface area contributed by atoms with Crippen LogP contribution < -0.4 is 5.56 Å². The van der Waals surface area contributed by atoms with Gasteiger partial charge in [-0.3, -0.25) is 4.79 Å². The molecule has 8 nitrogen and oxygen atoms in total. The van der Waals surface area contributed by atoms with Gasteiger partial charge >= 0.3 is 5.97 Å². The summed E-state index contributed by atoms with van der Waals surface area (Å²) in [6.45, 7) is 5.39. The number of ether oxygens (including phenoxy) is 1. The minimum absolute atomic E-state index is 0.0995. The van der Waals surface area contributed by atoms with Gasteiger partial charge in [0.2, 0.25) is 4.96 Å². The van der Waals surface area contributed by atoms with Gasteiger partial charge in [-0.25, -0.2) is 9.78 Å². The summed E-state index contributed by atoms with van der Waals surface area (Å²) in [6.07, 6.45) is 1.29. The van der Waals surface area contributed by atoms with Crippen molar-refractivity contribution in [2.75, 3.05) is 0 Å². The molecule has 126 valence electrons. The van der Waals surface area contributed by atoms with Gasteiger partial charge in [0.25, 0.3) is 5.56 Å². The molecule has 0 radical (unpaired) electrons. The van der Waals surface area contributed by atoms with E-state index in [-0.39, 0.29) is 12.2 Å². The highest BCUT2D eigenvalue weighted by Gasteiger charge is 2.21. The first-order chi connectivity index (χ1) is 11.5. The van der Waals surface area contributed by atoms with Crippen LogP contribution >= 0.6 is 11.3 Å². The van der Waals surface area contributed by atoms with E-state index in [9.17, 15) is 9.59 Å². The summed E-state index contributed by atoms with van der Waals surface area (Å²) in [5, 5.41) is 8.82. The summed E-state index contributed by atoms with van der Waals surface area (Å²) in [5.74, 6) is -0.124. The van der Waals surface area contributed by atoms with E-state index in [1.54, 1.807) is 6.92 Å². The second kappa shape index (κ2) is 6.52. The van der Waals surface area contributed by atoms with Gasteiger partial charge in [0.15, 0.2) is 0 Å². The van der Waals surface area contributed by atoms with Gasteiger partial charge in [-0.2, -0.15) is 9.61 Å². The average Bonchev–Trinajstić information content (AvgIpc) is 3.15. The maximum Gasteiger partial charge on any atom is 0.344 e. The Bertz CT molecular complexity index is 956. The van der Waals surface area contributed by atoms with Crippen molar-refractivity contribution < 1.29 is 14.1 Å². The molecule has 0 bridgehead atoms. The molecule has 0 unspecified atom stereocenters. The van der Waals surface area contributed by atoms with Crippen molar-refractivity contribution in [2.24, 2.45) is 0 Å². The molecule has 3 heterocycles. The summed E-state index contributed by atoms with van der Waals surface area (Å²) in [7, 11) is 0. The number of carbonyl (C=O) groups is 1. The number of rotatable bonds is 5. The summed E-state index contributed by atoms with van der Waals surface area (Å²) in [5.41, 5.74) is 0.974. The van der Waals surface area contributed by atoms with Crippen LogP contribution in [0, 0.1) is 6.92 Å². The SMILES string of the molecule is CCc1nn2c(=O)cc(COC(=O)c3c(CC)noc3C)nc2s1. The van der Waals surface area contributed by atoms with Crippen molar-refractivity contribution in [1.29, 1.82) is 0 Å². The number of carbonyl (C=O) groups excluding carboxylic acids is 1. The van der Waals surface area contributed by atoms with E-state index in [0.717, 1.165) is 11.4 Å². The monoisotopic (exact) mass is 348 g/mol. The molecule has 0 saturated heterocycles. The Morgan fingerprint density at radius 2 is 2.17 bits per heavy atom. The van der Waals surface area contributed by atoms with Crippen molar-refractivity contribution in [1.82, 2.24) is 19.8 Å². The van der Waals surface area contributed by atoms with E-state index in [4.69, 9.17) is 9.26 Å². The molecule has 24 heavy (non-hydrogen) atoms. The lowest BCUT2D eigenvalue weighted by Crippen LogP contribution is -2.17. The number of esters is 1. The van der Waals surface area contributed by atoms with Gasteiger partial charge in [-0.1, -0.05) is 30.3 Å². The fraction of sp³-hybridized carbons (Fsp3) is 0.400. The van der Waals surface area contributed by atoms with Crippen LogP contribution in [0.1, 0.15) is 46.4 Å². The Morgan fingerprint density at radius 1 is 1.38 bits per heavy atom. The smallest absolute Gasteiger partial charge is 0.344 e. The number of hydrogen-bond acceptors (Lipinski definition) is 8. The number of aryl methyl sites for hydroxylation is 3. The van der Waals surface area contributed by atoms with Gasteiger partial charge < -0.3 is 9.26 Å². The number of fused-ring (bicyclic) bond motifs is 1. The van der Waals surface area contributed by atoms with Crippen molar-refractivity contribution in [3.8, 4) is 0 Å². The van der Waals surface area contributed by atoms with Crippen molar-refractivity contribution in [3.63, 3.8) is 0 Å². The molecular formula is C15H16N4O4S. The molecule has 0 atom stereocenters. The molecule has 0 aromatic carbocycles. The summed E-state index contributed by atoms with van der Waals surface area (Å²) < 4.78 is 11.6. The maximum absolute atomic E-state index is 12.2. The van der Waals surface area contributed by atoms with E-state index >= 15 is 0 Å². The first-order valence-corrected chi connectivity index (χ1v) is 8.36. The lowest BCUT2D eigenvalue weighted by molar-refractivity contribution is 0.0464. The second-order valence-corrected chi connectivity index (χ2v) is 6.16. The fourth-order valence-corrected chi connectivity index (χ4v) is 3.10. The summed E-state index contributed by atoms with van der Waals surface area (Å²) in [4.78, 5) is 29.1. The van der Waals surface area contributed by atoms with Crippen molar-refractivity contribution >= 4 is 22.3 Å².